The molecule has 0 saturated heterocycles. The van der Waals surface area contributed by atoms with Crippen molar-refractivity contribution in [1.82, 2.24) is 5.43 Å². The molecule has 0 fully saturated rings. The first-order valence-corrected chi connectivity index (χ1v) is 4.56. The molecule has 0 saturated carbocycles. The van der Waals surface area contributed by atoms with E-state index < -0.39 is 5.41 Å². The Labute approximate surface area is 84.3 Å². The van der Waals surface area contributed by atoms with Crippen molar-refractivity contribution in [3.8, 4) is 0 Å². The predicted molar refractivity (Wildman–Crippen MR) is 56.5 cm³/mol. The monoisotopic (exact) mass is 192 g/mol. The largest absolute Gasteiger partial charge is 0.294 e. The minimum Gasteiger partial charge on any atom is -0.294 e. The molecule has 3 nitrogen and oxygen atoms in total. The van der Waals surface area contributed by atoms with Gasteiger partial charge < -0.3 is 0 Å². The van der Waals surface area contributed by atoms with E-state index in [1.807, 2.05) is 45.0 Å². The van der Waals surface area contributed by atoms with E-state index in [1.165, 1.54) is 5.56 Å². The zero-order chi connectivity index (χ0) is 10.8. The van der Waals surface area contributed by atoms with Gasteiger partial charge in [0, 0.05) is 0 Å². The van der Waals surface area contributed by atoms with E-state index in [0.717, 1.165) is 5.56 Å². The van der Waals surface area contributed by atoms with Crippen molar-refractivity contribution in [3.05, 3.63) is 35.4 Å². The molecule has 0 unspecified atom stereocenters. The van der Waals surface area contributed by atoms with Gasteiger partial charge in [-0.2, -0.15) is 0 Å². The van der Waals surface area contributed by atoms with Crippen molar-refractivity contribution in [3.63, 3.8) is 0 Å². The topological polar surface area (TPSA) is 55.1 Å². The first-order valence-electron chi connectivity index (χ1n) is 4.56. The number of amides is 1. The minimum absolute atomic E-state index is 0.179. The summed E-state index contributed by atoms with van der Waals surface area (Å²) < 4.78 is 0. The molecule has 1 rings (SSSR count). The second kappa shape index (κ2) is 3.80. The molecule has 0 radical (unpaired) electrons. The molecule has 14 heavy (non-hydrogen) atoms. The summed E-state index contributed by atoms with van der Waals surface area (Å²) in [5, 5.41) is 0. The number of carbonyl (C=O) groups is 1. The van der Waals surface area contributed by atoms with Crippen molar-refractivity contribution >= 4 is 5.91 Å². The molecular weight excluding hydrogens is 176 g/mol. The Bertz CT molecular complexity index is 328. The zero-order valence-electron chi connectivity index (χ0n) is 8.79. The first-order chi connectivity index (χ1) is 6.48. The number of carbonyl (C=O) groups excluding carboxylic acids is 1. The SMILES string of the molecule is Cc1ccc(C(C)(C)C(=O)NN)cc1. The molecular formula is C11H16N2O. The highest BCUT2D eigenvalue weighted by Crippen LogP contribution is 2.23. The van der Waals surface area contributed by atoms with Gasteiger partial charge in [0.1, 0.15) is 0 Å². The molecule has 0 aliphatic heterocycles. The Morgan fingerprint density at radius 3 is 2.21 bits per heavy atom. The number of benzene rings is 1. The highest BCUT2D eigenvalue weighted by Gasteiger charge is 2.28. The van der Waals surface area contributed by atoms with Crippen LogP contribution in [-0.2, 0) is 10.2 Å². The van der Waals surface area contributed by atoms with Crippen LogP contribution < -0.4 is 11.3 Å². The third-order valence-electron chi connectivity index (χ3n) is 2.47. The number of nitrogens with one attached hydrogen (secondary N) is 1. The third-order valence-corrected chi connectivity index (χ3v) is 2.47. The van der Waals surface area contributed by atoms with E-state index in [-0.39, 0.29) is 5.91 Å². The van der Waals surface area contributed by atoms with Gasteiger partial charge in [-0.3, -0.25) is 10.2 Å². The molecule has 0 bridgehead atoms. The van der Waals surface area contributed by atoms with E-state index in [0.29, 0.717) is 0 Å². The summed E-state index contributed by atoms with van der Waals surface area (Å²) in [5.74, 6) is 4.95. The Morgan fingerprint density at radius 1 is 1.29 bits per heavy atom. The predicted octanol–water partition coefficient (Wildman–Crippen LogP) is 1.26. The van der Waals surface area contributed by atoms with Gasteiger partial charge in [0.25, 0.3) is 0 Å². The van der Waals surface area contributed by atoms with Crippen LogP contribution in [0.3, 0.4) is 0 Å². The van der Waals surface area contributed by atoms with Crippen LogP contribution in [0.2, 0.25) is 0 Å². The van der Waals surface area contributed by atoms with E-state index in [4.69, 9.17) is 5.84 Å². The summed E-state index contributed by atoms with van der Waals surface area (Å²) in [7, 11) is 0. The number of nitrogens with two attached hydrogens (primary N) is 1. The summed E-state index contributed by atoms with van der Waals surface area (Å²) in [6.45, 7) is 5.71. The zero-order valence-corrected chi connectivity index (χ0v) is 8.79. The van der Waals surface area contributed by atoms with Gasteiger partial charge in [0.15, 0.2) is 0 Å². The Hall–Kier alpha value is -1.35. The molecule has 76 valence electrons. The van der Waals surface area contributed by atoms with Gasteiger partial charge in [-0.15, -0.1) is 0 Å². The first kappa shape index (κ1) is 10.7. The summed E-state index contributed by atoms with van der Waals surface area (Å²) >= 11 is 0. The quantitative estimate of drug-likeness (QED) is 0.421. The van der Waals surface area contributed by atoms with Gasteiger partial charge in [-0.25, -0.2) is 5.84 Å². The number of hydrogen-bond donors (Lipinski definition) is 2. The number of aryl methyl sites for hydroxylation is 1. The van der Waals surface area contributed by atoms with E-state index in [1.54, 1.807) is 0 Å². The maximum absolute atomic E-state index is 11.5. The Morgan fingerprint density at radius 2 is 1.79 bits per heavy atom. The Kier molecular flexibility index (Phi) is 2.91. The van der Waals surface area contributed by atoms with Crippen LogP contribution in [-0.4, -0.2) is 5.91 Å². The van der Waals surface area contributed by atoms with E-state index >= 15 is 0 Å². The van der Waals surface area contributed by atoms with Crippen LogP contribution in [0.1, 0.15) is 25.0 Å². The van der Waals surface area contributed by atoms with E-state index in [2.05, 4.69) is 5.43 Å². The van der Waals surface area contributed by atoms with Crippen molar-refractivity contribution in [1.29, 1.82) is 0 Å². The van der Waals surface area contributed by atoms with E-state index in [9.17, 15) is 4.79 Å². The van der Waals surface area contributed by atoms with Crippen LogP contribution in [0.5, 0.6) is 0 Å². The highest BCUT2D eigenvalue weighted by molar-refractivity contribution is 5.86. The standard InChI is InChI=1S/C11H16N2O/c1-8-4-6-9(7-5-8)11(2,3)10(14)13-12/h4-7H,12H2,1-3H3,(H,13,14). The van der Waals surface area contributed by atoms with Crippen LogP contribution in [0.15, 0.2) is 24.3 Å². The van der Waals surface area contributed by atoms with Gasteiger partial charge in [0.05, 0.1) is 5.41 Å². The van der Waals surface area contributed by atoms with Crippen LogP contribution in [0.4, 0.5) is 0 Å². The lowest BCUT2D eigenvalue weighted by Gasteiger charge is -2.22. The molecule has 0 aromatic heterocycles. The fourth-order valence-electron chi connectivity index (χ4n) is 1.28. The third kappa shape index (κ3) is 1.93. The smallest absolute Gasteiger partial charge is 0.243 e. The van der Waals surface area contributed by atoms with Crippen LogP contribution in [0.25, 0.3) is 0 Å². The summed E-state index contributed by atoms with van der Waals surface area (Å²) in [4.78, 5) is 11.5. The molecule has 0 atom stereocenters. The molecule has 3 heteroatoms. The summed E-state index contributed by atoms with van der Waals surface area (Å²) in [5.41, 5.74) is 3.74. The lowest BCUT2D eigenvalue weighted by atomic mass is 9.83. The fourth-order valence-corrected chi connectivity index (χ4v) is 1.28. The van der Waals surface area contributed by atoms with Gasteiger partial charge >= 0.3 is 0 Å². The van der Waals surface area contributed by atoms with Crippen molar-refractivity contribution < 1.29 is 4.79 Å². The molecule has 0 aliphatic rings. The highest BCUT2D eigenvalue weighted by atomic mass is 16.2. The molecule has 1 aromatic carbocycles. The lowest BCUT2D eigenvalue weighted by Crippen LogP contribution is -2.43. The summed E-state index contributed by atoms with van der Waals surface area (Å²) in [6, 6.07) is 7.87. The lowest BCUT2D eigenvalue weighted by molar-refractivity contribution is -0.125. The minimum atomic E-state index is -0.581. The number of hydrazine groups is 1. The van der Waals surface area contributed by atoms with Crippen molar-refractivity contribution in [2.24, 2.45) is 5.84 Å². The Balaban J connectivity index is 3.03. The van der Waals surface area contributed by atoms with Crippen LogP contribution >= 0.6 is 0 Å². The molecule has 1 amide bonds. The second-order valence-electron chi connectivity index (χ2n) is 3.96. The van der Waals surface area contributed by atoms with Gasteiger partial charge in [0.2, 0.25) is 5.91 Å². The number of rotatable bonds is 2. The van der Waals surface area contributed by atoms with Gasteiger partial charge in [-0.05, 0) is 26.3 Å². The molecule has 0 aliphatic carbocycles. The fraction of sp³-hybridized carbons (Fsp3) is 0.364. The molecule has 0 heterocycles. The molecule has 1 aromatic rings. The van der Waals surface area contributed by atoms with Crippen LogP contribution in [0, 0.1) is 6.92 Å². The normalized spacial score (nSPS) is 11.1. The average molecular weight is 192 g/mol. The molecule has 0 spiro atoms. The van der Waals surface area contributed by atoms with Crippen molar-refractivity contribution in [2.75, 3.05) is 0 Å². The molecule has 3 N–H and O–H groups in total. The number of hydrogen-bond acceptors (Lipinski definition) is 2. The maximum atomic E-state index is 11.5. The maximum Gasteiger partial charge on any atom is 0.243 e. The van der Waals surface area contributed by atoms with Gasteiger partial charge in [-0.1, -0.05) is 29.8 Å². The summed E-state index contributed by atoms with van der Waals surface area (Å²) in [6.07, 6.45) is 0. The average Bonchev–Trinajstić information content (AvgIpc) is 2.17. The van der Waals surface area contributed by atoms with Crippen molar-refractivity contribution in [2.45, 2.75) is 26.2 Å². The second-order valence-corrected chi connectivity index (χ2v) is 3.96.